The molecule has 0 saturated carbocycles. The molecule has 134 valence electrons. The second kappa shape index (κ2) is 7.42. The molecule has 8 heteroatoms. The molecule has 0 radical (unpaired) electrons. The van der Waals surface area contributed by atoms with E-state index in [2.05, 4.69) is 32.3 Å². The SMILES string of the molecule is CCNC(=NCc1nnc(C)n1C)N(C)Cc1ccc2c(c1)OCO2. The number of nitrogens with zero attached hydrogens (tertiary/aromatic N) is 5. The molecule has 0 amide bonds. The maximum absolute atomic E-state index is 5.44. The van der Waals surface area contributed by atoms with E-state index in [0.717, 1.165) is 41.2 Å². The summed E-state index contributed by atoms with van der Waals surface area (Å²) in [6.07, 6.45) is 0. The summed E-state index contributed by atoms with van der Waals surface area (Å²) in [5.74, 6) is 4.13. The summed E-state index contributed by atoms with van der Waals surface area (Å²) in [5.41, 5.74) is 1.13. The molecule has 2 heterocycles. The number of rotatable bonds is 5. The number of hydrogen-bond acceptors (Lipinski definition) is 5. The van der Waals surface area contributed by atoms with Gasteiger partial charge in [-0.2, -0.15) is 0 Å². The minimum Gasteiger partial charge on any atom is -0.454 e. The molecule has 0 spiro atoms. The average Bonchev–Trinajstić information content (AvgIpc) is 3.19. The highest BCUT2D eigenvalue weighted by Crippen LogP contribution is 2.32. The third-order valence-electron chi connectivity index (χ3n) is 4.11. The van der Waals surface area contributed by atoms with Crippen LogP contribution in [0.2, 0.25) is 0 Å². The third-order valence-corrected chi connectivity index (χ3v) is 4.11. The fourth-order valence-electron chi connectivity index (χ4n) is 2.59. The van der Waals surface area contributed by atoms with Crippen molar-refractivity contribution >= 4 is 5.96 Å². The summed E-state index contributed by atoms with van der Waals surface area (Å²) in [5, 5.41) is 11.5. The Morgan fingerprint density at radius 1 is 1.32 bits per heavy atom. The molecule has 1 aromatic heterocycles. The number of nitrogens with one attached hydrogen (secondary N) is 1. The largest absolute Gasteiger partial charge is 0.454 e. The molecule has 0 unspecified atom stereocenters. The summed E-state index contributed by atoms with van der Waals surface area (Å²) in [6.45, 7) is 6.25. The van der Waals surface area contributed by atoms with Crippen LogP contribution in [0.25, 0.3) is 0 Å². The van der Waals surface area contributed by atoms with Gasteiger partial charge in [0.05, 0.1) is 0 Å². The Bertz CT molecular complexity index is 770. The number of benzene rings is 1. The first-order chi connectivity index (χ1) is 12.1. The minimum atomic E-state index is 0.288. The quantitative estimate of drug-likeness (QED) is 0.653. The molecule has 3 rings (SSSR count). The molecule has 8 nitrogen and oxygen atoms in total. The zero-order chi connectivity index (χ0) is 17.8. The number of guanidine groups is 1. The van der Waals surface area contributed by atoms with Gasteiger partial charge >= 0.3 is 0 Å². The monoisotopic (exact) mass is 344 g/mol. The van der Waals surface area contributed by atoms with E-state index in [4.69, 9.17) is 9.47 Å². The lowest BCUT2D eigenvalue weighted by molar-refractivity contribution is 0.174. The van der Waals surface area contributed by atoms with Crippen molar-refractivity contribution in [2.75, 3.05) is 20.4 Å². The van der Waals surface area contributed by atoms with Gasteiger partial charge < -0.3 is 24.3 Å². The molecule has 0 fully saturated rings. The van der Waals surface area contributed by atoms with Crippen molar-refractivity contribution < 1.29 is 9.47 Å². The number of hydrogen-bond donors (Lipinski definition) is 1. The normalized spacial score (nSPS) is 13.2. The number of aromatic nitrogens is 3. The summed E-state index contributed by atoms with van der Waals surface area (Å²) in [4.78, 5) is 6.75. The van der Waals surface area contributed by atoms with E-state index in [-0.39, 0.29) is 6.79 Å². The van der Waals surface area contributed by atoms with Crippen LogP contribution in [0.4, 0.5) is 0 Å². The van der Waals surface area contributed by atoms with Gasteiger partial charge in [-0.25, -0.2) is 4.99 Å². The van der Waals surface area contributed by atoms with E-state index >= 15 is 0 Å². The van der Waals surface area contributed by atoms with Crippen LogP contribution in [0, 0.1) is 6.92 Å². The fourth-order valence-corrected chi connectivity index (χ4v) is 2.59. The van der Waals surface area contributed by atoms with Crippen LogP contribution in [0.15, 0.2) is 23.2 Å². The molecule has 25 heavy (non-hydrogen) atoms. The predicted molar refractivity (Wildman–Crippen MR) is 94.6 cm³/mol. The van der Waals surface area contributed by atoms with E-state index in [1.807, 2.05) is 43.8 Å². The maximum Gasteiger partial charge on any atom is 0.231 e. The Kier molecular flexibility index (Phi) is 5.06. The number of aliphatic imine (C=N–C) groups is 1. The van der Waals surface area contributed by atoms with E-state index in [9.17, 15) is 0 Å². The molecule has 0 aliphatic carbocycles. The molecule has 1 aromatic carbocycles. The lowest BCUT2D eigenvalue weighted by atomic mass is 10.2. The van der Waals surface area contributed by atoms with Gasteiger partial charge in [-0.05, 0) is 31.5 Å². The Labute approximate surface area is 147 Å². The Balaban J connectivity index is 1.70. The lowest BCUT2D eigenvalue weighted by Gasteiger charge is -2.22. The average molecular weight is 344 g/mol. The molecule has 0 saturated heterocycles. The molecule has 0 atom stereocenters. The number of fused-ring (bicyclic) bond motifs is 1. The molecule has 1 aliphatic rings. The highest BCUT2D eigenvalue weighted by atomic mass is 16.7. The van der Waals surface area contributed by atoms with Crippen LogP contribution >= 0.6 is 0 Å². The first-order valence-electron chi connectivity index (χ1n) is 8.31. The highest BCUT2D eigenvalue weighted by Gasteiger charge is 2.15. The first-order valence-corrected chi connectivity index (χ1v) is 8.31. The third kappa shape index (κ3) is 3.84. The molecular weight excluding hydrogens is 320 g/mol. The van der Waals surface area contributed by atoms with Crippen molar-refractivity contribution in [3.63, 3.8) is 0 Å². The Morgan fingerprint density at radius 3 is 2.84 bits per heavy atom. The van der Waals surface area contributed by atoms with E-state index in [1.54, 1.807) is 0 Å². The van der Waals surface area contributed by atoms with Crippen LogP contribution < -0.4 is 14.8 Å². The van der Waals surface area contributed by atoms with Crippen molar-refractivity contribution in [1.82, 2.24) is 25.0 Å². The van der Waals surface area contributed by atoms with Crippen LogP contribution in [0.5, 0.6) is 11.5 Å². The fraction of sp³-hybridized carbons (Fsp3) is 0.471. The van der Waals surface area contributed by atoms with Crippen LogP contribution in [0.1, 0.15) is 24.1 Å². The van der Waals surface area contributed by atoms with Gasteiger partial charge in [0, 0.05) is 27.2 Å². The van der Waals surface area contributed by atoms with Gasteiger partial charge in [0.2, 0.25) is 6.79 Å². The number of ether oxygens (including phenoxy) is 2. The van der Waals surface area contributed by atoms with Crippen LogP contribution in [-0.2, 0) is 20.1 Å². The molecule has 1 aliphatic heterocycles. The van der Waals surface area contributed by atoms with Crippen molar-refractivity contribution in [3.05, 3.63) is 35.4 Å². The van der Waals surface area contributed by atoms with E-state index < -0.39 is 0 Å². The van der Waals surface area contributed by atoms with Gasteiger partial charge in [-0.3, -0.25) is 0 Å². The summed E-state index contributed by atoms with van der Waals surface area (Å²) >= 11 is 0. The van der Waals surface area contributed by atoms with Crippen molar-refractivity contribution in [2.24, 2.45) is 12.0 Å². The summed E-state index contributed by atoms with van der Waals surface area (Å²) in [7, 11) is 3.96. The first kappa shape index (κ1) is 17.1. The predicted octanol–water partition coefficient (Wildman–Crippen LogP) is 1.45. The van der Waals surface area contributed by atoms with Gasteiger partial charge in [-0.1, -0.05) is 6.07 Å². The highest BCUT2D eigenvalue weighted by molar-refractivity contribution is 5.79. The molecule has 2 aromatic rings. The minimum absolute atomic E-state index is 0.288. The van der Waals surface area contributed by atoms with Gasteiger partial charge in [0.1, 0.15) is 12.4 Å². The Hall–Kier alpha value is -2.77. The van der Waals surface area contributed by atoms with Gasteiger partial charge in [0.25, 0.3) is 0 Å². The van der Waals surface area contributed by atoms with Crippen LogP contribution in [0.3, 0.4) is 0 Å². The lowest BCUT2D eigenvalue weighted by Crippen LogP contribution is -2.38. The van der Waals surface area contributed by atoms with Crippen molar-refractivity contribution in [2.45, 2.75) is 26.9 Å². The second-order valence-electron chi connectivity index (χ2n) is 5.94. The summed E-state index contributed by atoms with van der Waals surface area (Å²) < 4.78 is 12.8. The van der Waals surface area contributed by atoms with Gasteiger partial charge in [-0.15, -0.1) is 10.2 Å². The standard InChI is InChI=1S/C17H24N6O2/c1-5-18-17(19-9-16-21-20-12(2)23(16)4)22(3)10-13-6-7-14-15(8-13)25-11-24-14/h6-8H,5,9-11H2,1-4H3,(H,18,19). The van der Waals surface area contributed by atoms with Crippen molar-refractivity contribution in [3.8, 4) is 11.5 Å². The van der Waals surface area contributed by atoms with Crippen LogP contribution in [-0.4, -0.2) is 46.0 Å². The van der Waals surface area contributed by atoms with E-state index in [0.29, 0.717) is 13.1 Å². The smallest absolute Gasteiger partial charge is 0.231 e. The van der Waals surface area contributed by atoms with Crippen molar-refractivity contribution in [1.29, 1.82) is 0 Å². The zero-order valence-corrected chi connectivity index (χ0v) is 15.1. The maximum atomic E-state index is 5.44. The number of aryl methyl sites for hydroxylation is 1. The van der Waals surface area contributed by atoms with E-state index in [1.165, 1.54) is 0 Å². The van der Waals surface area contributed by atoms with Gasteiger partial charge in [0.15, 0.2) is 23.3 Å². The Morgan fingerprint density at radius 2 is 2.12 bits per heavy atom. The molecule has 1 N–H and O–H groups in total. The molecule has 0 bridgehead atoms. The second-order valence-corrected chi connectivity index (χ2v) is 5.94. The topological polar surface area (TPSA) is 76.8 Å². The summed E-state index contributed by atoms with van der Waals surface area (Å²) in [6, 6.07) is 5.99. The zero-order valence-electron chi connectivity index (χ0n) is 15.1. The molecular formula is C17H24N6O2.